The van der Waals surface area contributed by atoms with E-state index in [1.165, 1.54) is 34.9 Å². The van der Waals surface area contributed by atoms with Crippen molar-refractivity contribution >= 4 is 17.5 Å². The average molecular weight is 363 g/mol. The first kappa shape index (κ1) is 17.0. The molecule has 132 valence electrons. The van der Waals surface area contributed by atoms with Gasteiger partial charge in [-0.15, -0.1) is 10.2 Å². The first-order chi connectivity index (χ1) is 12.6. The summed E-state index contributed by atoms with van der Waals surface area (Å²) in [6.07, 6.45) is 5.13. The summed E-state index contributed by atoms with van der Waals surface area (Å²) in [5.41, 5.74) is 6.96. The monoisotopic (exact) mass is 363 g/mol. The number of thioether (sulfide) groups is 1. The molecular formula is C21H21N3OS. The zero-order chi connectivity index (χ0) is 18.1. The van der Waals surface area contributed by atoms with Crippen LogP contribution in [-0.4, -0.2) is 26.3 Å². The highest BCUT2D eigenvalue weighted by Crippen LogP contribution is 2.26. The number of fused-ring (bicyclic) bond motifs is 1. The number of hydrogen-bond acceptors (Lipinski definition) is 4. The Labute approximate surface area is 157 Å². The zero-order valence-corrected chi connectivity index (χ0v) is 15.8. The van der Waals surface area contributed by atoms with Crippen LogP contribution in [0.5, 0.6) is 0 Å². The smallest absolute Gasteiger partial charge is 0.196 e. The Kier molecular flexibility index (Phi) is 4.64. The van der Waals surface area contributed by atoms with Crippen molar-refractivity contribution in [3.05, 3.63) is 70.5 Å². The van der Waals surface area contributed by atoms with Crippen LogP contribution >= 0.6 is 11.8 Å². The van der Waals surface area contributed by atoms with Crippen LogP contribution in [-0.2, 0) is 12.8 Å². The van der Waals surface area contributed by atoms with Crippen LogP contribution in [0.1, 0.15) is 39.0 Å². The Hall–Kier alpha value is -2.40. The Morgan fingerprint density at radius 1 is 1.12 bits per heavy atom. The maximum absolute atomic E-state index is 12.6. The number of benzene rings is 2. The lowest BCUT2D eigenvalue weighted by atomic mass is 10.0. The molecule has 5 heteroatoms. The molecule has 3 aromatic rings. The maximum Gasteiger partial charge on any atom is 0.196 e. The molecule has 0 unspecified atom stereocenters. The van der Waals surface area contributed by atoms with E-state index in [1.807, 2.05) is 10.6 Å². The fraction of sp³-hybridized carbons (Fsp3) is 0.286. The van der Waals surface area contributed by atoms with E-state index in [9.17, 15) is 4.79 Å². The van der Waals surface area contributed by atoms with E-state index in [4.69, 9.17) is 0 Å². The van der Waals surface area contributed by atoms with Gasteiger partial charge in [0.2, 0.25) is 0 Å². The van der Waals surface area contributed by atoms with Gasteiger partial charge in [-0.1, -0.05) is 41.6 Å². The van der Waals surface area contributed by atoms with Gasteiger partial charge in [-0.05, 0) is 61.9 Å². The number of Topliss-reactive ketones (excluding diaryl/α,β-unsaturated/α-hetero) is 1. The minimum Gasteiger partial charge on any atom is -0.293 e. The van der Waals surface area contributed by atoms with Gasteiger partial charge >= 0.3 is 0 Å². The third-order valence-electron chi connectivity index (χ3n) is 4.88. The molecule has 0 N–H and O–H groups in total. The average Bonchev–Trinajstić information content (AvgIpc) is 3.28. The lowest BCUT2D eigenvalue weighted by molar-refractivity contribution is 0.102. The summed E-state index contributed by atoms with van der Waals surface area (Å²) in [7, 11) is 0. The molecule has 0 fully saturated rings. The summed E-state index contributed by atoms with van der Waals surface area (Å²) in [4.78, 5) is 12.6. The zero-order valence-electron chi connectivity index (χ0n) is 15.0. The molecule has 0 bridgehead atoms. The summed E-state index contributed by atoms with van der Waals surface area (Å²) in [6, 6.07) is 12.4. The minimum atomic E-state index is 0.139. The molecule has 4 rings (SSSR count). The molecule has 0 spiro atoms. The molecule has 1 aliphatic rings. The van der Waals surface area contributed by atoms with Crippen LogP contribution in [0.3, 0.4) is 0 Å². The summed E-state index contributed by atoms with van der Waals surface area (Å²) in [5.74, 6) is 0.502. The summed E-state index contributed by atoms with van der Waals surface area (Å²) < 4.78 is 1.95. The summed E-state index contributed by atoms with van der Waals surface area (Å²) in [6.45, 7) is 4.15. The van der Waals surface area contributed by atoms with E-state index in [2.05, 4.69) is 54.4 Å². The Morgan fingerprint density at radius 3 is 2.81 bits per heavy atom. The maximum atomic E-state index is 12.6. The lowest BCUT2D eigenvalue weighted by Gasteiger charge is -2.10. The van der Waals surface area contributed by atoms with Gasteiger partial charge in [-0.2, -0.15) is 0 Å². The minimum absolute atomic E-state index is 0.139. The van der Waals surface area contributed by atoms with E-state index in [1.54, 1.807) is 6.33 Å². The van der Waals surface area contributed by atoms with Crippen molar-refractivity contribution in [1.82, 2.24) is 14.8 Å². The number of carbonyl (C=O) groups is 1. The van der Waals surface area contributed by atoms with Crippen molar-refractivity contribution in [3.8, 4) is 5.69 Å². The number of nitrogens with zero attached hydrogens (tertiary/aromatic N) is 3. The third kappa shape index (κ3) is 3.31. The van der Waals surface area contributed by atoms with Crippen molar-refractivity contribution in [3.63, 3.8) is 0 Å². The van der Waals surface area contributed by atoms with E-state index in [-0.39, 0.29) is 5.78 Å². The van der Waals surface area contributed by atoms with Gasteiger partial charge < -0.3 is 0 Å². The van der Waals surface area contributed by atoms with E-state index in [0.29, 0.717) is 5.75 Å². The molecule has 1 aliphatic carbocycles. The number of aryl methyl sites for hydroxylation is 4. The van der Waals surface area contributed by atoms with Gasteiger partial charge in [0.25, 0.3) is 0 Å². The molecule has 26 heavy (non-hydrogen) atoms. The molecular weight excluding hydrogens is 342 g/mol. The molecule has 2 aromatic carbocycles. The number of aromatic nitrogens is 3. The van der Waals surface area contributed by atoms with Gasteiger partial charge in [-0.25, -0.2) is 0 Å². The Morgan fingerprint density at radius 2 is 1.96 bits per heavy atom. The van der Waals surface area contributed by atoms with E-state index >= 15 is 0 Å². The van der Waals surface area contributed by atoms with E-state index < -0.39 is 0 Å². The normalized spacial score (nSPS) is 13.0. The van der Waals surface area contributed by atoms with Gasteiger partial charge in [0.15, 0.2) is 10.9 Å². The Bertz CT molecular complexity index is 977. The van der Waals surface area contributed by atoms with Crippen molar-refractivity contribution in [1.29, 1.82) is 0 Å². The highest BCUT2D eigenvalue weighted by molar-refractivity contribution is 7.99. The fourth-order valence-corrected chi connectivity index (χ4v) is 4.34. The number of ketones is 1. The second kappa shape index (κ2) is 7.08. The number of hydrogen-bond donors (Lipinski definition) is 0. The standard InChI is InChI=1S/C21H21N3OS/c1-14-6-9-19(15(2)10-14)24-13-22-23-21(24)26-12-20(25)18-8-7-16-4-3-5-17(16)11-18/h6-11,13H,3-5,12H2,1-2H3. The van der Waals surface area contributed by atoms with Crippen LogP contribution in [0.4, 0.5) is 0 Å². The predicted octanol–water partition coefficient (Wildman–Crippen LogP) is 4.35. The third-order valence-corrected chi connectivity index (χ3v) is 5.82. The second-order valence-electron chi connectivity index (χ2n) is 6.82. The summed E-state index contributed by atoms with van der Waals surface area (Å²) in [5, 5.41) is 8.99. The van der Waals surface area contributed by atoms with Crippen LogP contribution < -0.4 is 0 Å². The SMILES string of the molecule is Cc1ccc(-n2cnnc2SCC(=O)c2ccc3c(c2)CCC3)c(C)c1. The molecule has 1 heterocycles. The fourth-order valence-electron chi connectivity index (χ4n) is 3.52. The van der Waals surface area contributed by atoms with Crippen LogP contribution in [0.15, 0.2) is 47.9 Å². The first-order valence-electron chi connectivity index (χ1n) is 8.87. The molecule has 0 aliphatic heterocycles. The van der Waals surface area contributed by atoms with Crippen molar-refractivity contribution in [2.75, 3.05) is 5.75 Å². The molecule has 0 amide bonds. The largest absolute Gasteiger partial charge is 0.293 e. The lowest BCUT2D eigenvalue weighted by Crippen LogP contribution is -2.05. The topological polar surface area (TPSA) is 47.8 Å². The highest BCUT2D eigenvalue weighted by atomic mass is 32.2. The van der Waals surface area contributed by atoms with Gasteiger partial charge in [0.05, 0.1) is 11.4 Å². The molecule has 0 atom stereocenters. The van der Waals surface area contributed by atoms with E-state index in [0.717, 1.165) is 34.8 Å². The number of rotatable bonds is 5. The number of carbonyl (C=O) groups excluding carboxylic acids is 1. The second-order valence-corrected chi connectivity index (χ2v) is 7.76. The van der Waals surface area contributed by atoms with Gasteiger partial charge in [0.1, 0.15) is 6.33 Å². The molecule has 0 saturated heterocycles. The highest BCUT2D eigenvalue weighted by Gasteiger charge is 2.16. The summed E-state index contributed by atoms with van der Waals surface area (Å²) >= 11 is 1.44. The van der Waals surface area contributed by atoms with Crippen LogP contribution in [0, 0.1) is 13.8 Å². The quantitative estimate of drug-likeness (QED) is 0.499. The molecule has 4 nitrogen and oxygen atoms in total. The molecule has 1 aromatic heterocycles. The van der Waals surface area contributed by atoms with Crippen LogP contribution in [0.25, 0.3) is 5.69 Å². The van der Waals surface area contributed by atoms with Crippen molar-refractivity contribution < 1.29 is 4.79 Å². The van der Waals surface area contributed by atoms with Crippen LogP contribution in [0.2, 0.25) is 0 Å². The predicted molar refractivity (Wildman–Crippen MR) is 104 cm³/mol. The Balaban J connectivity index is 1.50. The van der Waals surface area contributed by atoms with Crippen molar-refractivity contribution in [2.45, 2.75) is 38.3 Å². The first-order valence-corrected chi connectivity index (χ1v) is 9.86. The van der Waals surface area contributed by atoms with Gasteiger partial charge in [-0.3, -0.25) is 9.36 Å². The molecule has 0 saturated carbocycles. The van der Waals surface area contributed by atoms with Gasteiger partial charge in [0, 0.05) is 5.56 Å². The van der Waals surface area contributed by atoms with Crippen molar-refractivity contribution in [2.24, 2.45) is 0 Å². The molecule has 0 radical (unpaired) electrons.